The van der Waals surface area contributed by atoms with Crippen molar-refractivity contribution in [2.24, 2.45) is 15.9 Å². The van der Waals surface area contributed by atoms with Gasteiger partial charge in [-0.25, -0.2) is 0 Å². The second-order valence-electron chi connectivity index (χ2n) is 9.70. The van der Waals surface area contributed by atoms with E-state index in [1.165, 1.54) is 5.57 Å². The molecule has 7 heteroatoms. The molecule has 1 saturated heterocycles. The maximum Gasteiger partial charge on any atom is 0.303 e. The predicted octanol–water partition coefficient (Wildman–Crippen LogP) is 7.70. The minimum absolute atomic E-state index is 0.00623. The molecule has 1 aliphatic heterocycles. The van der Waals surface area contributed by atoms with E-state index < -0.39 is 5.97 Å². The molecule has 3 unspecified atom stereocenters. The van der Waals surface area contributed by atoms with Crippen LogP contribution in [-0.2, 0) is 9.59 Å². The minimum atomic E-state index is -0.777. The predicted molar refractivity (Wildman–Crippen MR) is 174 cm³/mol. The molecule has 0 spiro atoms. The quantitative estimate of drug-likeness (QED) is 0.0757. The van der Waals surface area contributed by atoms with Gasteiger partial charge in [-0.1, -0.05) is 74.6 Å². The molecule has 3 atom stereocenters. The molecule has 1 aliphatic rings. The third-order valence-corrected chi connectivity index (χ3v) is 6.65. The Morgan fingerprint density at radius 1 is 1.10 bits per heavy atom. The number of hydrogen-bond acceptors (Lipinski definition) is 4. The van der Waals surface area contributed by atoms with Gasteiger partial charge in [0, 0.05) is 43.1 Å². The fraction of sp³-hybridized carbons (Fsp3) is 0.471. The molecule has 2 rings (SSSR count). The van der Waals surface area contributed by atoms with Crippen molar-refractivity contribution in [3.8, 4) is 0 Å². The van der Waals surface area contributed by atoms with Crippen LogP contribution in [0.1, 0.15) is 72.3 Å². The molecule has 0 bridgehead atoms. The SMILES string of the molecule is C/C=C(\C=C/CCl)C1CCN(C(=O)C(/C=C\C(C)N=Cc2ccccc2)=C/C(C)N=CCCCCC(=O)O)C1.CC. The Balaban J connectivity index is 0.00000411. The smallest absolute Gasteiger partial charge is 0.303 e. The Morgan fingerprint density at radius 3 is 2.49 bits per heavy atom. The van der Waals surface area contributed by atoms with Gasteiger partial charge in [-0.15, -0.1) is 11.6 Å². The molecule has 1 aromatic rings. The number of aliphatic carboxylic acids is 1. The summed E-state index contributed by atoms with van der Waals surface area (Å²) in [6.07, 6.45) is 18.7. The summed E-state index contributed by atoms with van der Waals surface area (Å²) in [5.74, 6) is -0.0262. The standard InChI is InChI=1S/C32H42ClN3O3.C2H6/c1-4-28(14-11-19-33)30-18-21-36(24-30)32(39)29(22-26(3)34-20-10-6-9-15-31(37)38)17-16-25(2)35-23-27-12-7-5-8-13-27;1-2/h4-5,7-8,11-14,16-17,20,22-23,25-26,30H,6,9-10,15,18-19,21,24H2,1-3H3,(H,37,38);1-2H3/b14-11-,17-16-,28-4+,29-22+,34-20?,35-23?;. The number of carboxylic acids is 1. The number of carbonyl (C=O) groups is 2. The first-order valence-corrected chi connectivity index (χ1v) is 15.3. The minimum Gasteiger partial charge on any atom is -0.481 e. The fourth-order valence-electron chi connectivity index (χ4n) is 4.34. The van der Waals surface area contributed by atoms with Crippen molar-refractivity contribution >= 4 is 35.9 Å². The number of halogens is 1. The number of carboxylic acid groups (broad SMARTS) is 1. The number of nitrogens with zero attached hydrogens (tertiary/aromatic N) is 3. The zero-order chi connectivity index (χ0) is 30.5. The van der Waals surface area contributed by atoms with Crippen molar-refractivity contribution in [2.45, 2.75) is 78.8 Å². The maximum atomic E-state index is 13.6. The number of unbranched alkanes of at least 4 members (excludes halogenated alkanes) is 2. The molecule has 6 nitrogen and oxygen atoms in total. The van der Waals surface area contributed by atoms with Gasteiger partial charge >= 0.3 is 5.97 Å². The number of amides is 1. The van der Waals surface area contributed by atoms with E-state index in [1.54, 1.807) is 0 Å². The van der Waals surface area contributed by atoms with Gasteiger partial charge in [0.05, 0.1) is 12.1 Å². The Labute approximate surface area is 252 Å². The summed E-state index contributed by atoms with van der Waals surface area (Å²) in [6, 6.07) is 9.64. The fourth-order valence-corrected chi connectivity index (χ4v) is 4.43. The highest BCUT2D eigenvalue weighted by molar-refractivity contribution is 6.18. The van der Waals surface area contributed by atoms with Gasteiger partial charge in [-0.2, -0.15) is 0 Å². The maximum absolute atomic E-state index is 13.6. The van der Waals surface area contributed by atoms with E-state index in [4.69, 9.17) is 16.7 Å². The van der Waals surface area contributed by atoms with E-state index in [1.807, 2.05) is 107 Å². The Kier molecular flexibility index (Phi) is 18.8. The summed E-state index contributed by atoms with van der Waals surface area (Å²) in [7, 11) is 0. The molecular weight excluding hydrogens is 534 g/mol. The molecule has 1 aromatic carbocycles. The lowest BCUT2D eigenvalue weighted by molar-refractivity contribution is -0.137. The Hall–Kier alpha value is -3.25. The van der Waals surface area contributed by atoms with Crippen molar-refractivity contribution in [3.05, 3.63) is 83.5 Å². The van der Waals surface area contributed by atoms with Crippen LogP contribution in [0.25, 0.3) is 0 Å². The van der Waals surface area contributed by atoms with E-state index in [-0.39, 0.29) is 24.4 Å². The van der Waals surface area contributed by atoms with Crippen molar-refractivity contribution in [3.63, 3.8) is 0 Å². The largest absolute Gasteiger partial charge is 0.481 e. The van der Waals surface area contributed by atoms with E-state index in [0.29, 0.717) is 43.3 Å². The first kappa shape index (κ1) is 35.8. The van der Waals surface area contributed by atoms with Gasteiger partial charge < -0.3 is 10.0 Å². The molecule has 1 fully saturated rings. The summed E-state index contributed by atoms with van der Waals surface area (Å²) in [5, 5.41) is 8.78. The molecule has 41 heavy (non-hydrogen) atoms. The second-order valence-corrected chi connectivity index (χ2v) is 10.0. The van der Waals surface area contributed by atoms with Crippen LogP contribution in [-0.4, -0.2) is 65.4 Å². The second kappa shape index (κ2) is 21.5. The number of allylic oxidation sites excluding steroid dienone is 3. The highest BCUT2D eigenvalue weighted by Crippen LogP contribution is 2.26. The molecule has 0 saturated carbocycles. The van der Waals surface area contributed by atoms with Crippen LogP contribution in [0.5, 0.6) is 0 Å². The van der Waals surface area contributed by atoms with E-state index in [2.05, 4.69) is 22.1 Å². The zero-order valence-corrected chi connectivity index (χ0v) is 26.1. The van der Waals surface area contributed by atoms with Crippen LogP contribution in [0.15, 0.2) is 87.9 Å². The number of hydrogen-bond donors (Lipinski definition) is 1. The van der Waals surface area contributed by atoms with Gasteiger partial charge in [0.1, 0.15) is 0 Å². The highest BCUT2D eigenvalue weighted by Gasteiger charge is 2.28. The van der Waals surface area contributed by atoms with E-state index in [0.717, 1.165) is 18.4 Å². The monoisotopic (exact) mass is 581 g/mol. The summed E-state index contributed by atoms with van der Waals surface area (Å²) in [4.78, 5) is 35.4. The van der Waals surface area contributed by atoms with Crippen LogP contribution in [0, 0.1) is 5.92 Å². The van der Waals surface area contributed by atoms with Gasteiger partial charge in [0.15, 0.2) is 0 Å². The third kappa shape index (κ3) is 14.8. The number of carbonyl (C=O) groups excluding carboxylic acids is 1. The van der Waals surface area contributed by atoms with Crippen LogP contribution < -0.4 is 0 Å². The highest BCUT2D eigenvalue weighted by atomic mass is 35.5. The molecule has 1 amide bonds. The van der Waals surface area contributed by atoms with Gasteiger partial charge in [-0.3, -0.25) is 19.6 Å². The van der Waals surface area contributed by atoms with E-state index >= 15 is 0 Å². The van der Waals surface area contributed by atoms with Crippen molar-refractivity contribution in [2.75, 3.05) is 19.0 Å². The summed E-state index contributed by atoms with van der Waals surface area (Å²) in [6.45, 7) is 11.3. The topological polar surface area (TPSA) is 82.3 Å². The first-order chi connectivity index (χ1) is 19.8. The zero-order valence-electron chi connectivity index (χ0n) is 25.4. The average molecular weight is 582 g/mol. The van der Waals surface area contributed by atoms with Crippen LogP contribution >= 0.6 is 11.6 Å². The molecule has 1 N–H and O–H groups in total. The van der Waals surface area contributed by atoms with Crippen LogP contribution in [0.3, 0.4) is 0 Å². The molecule has 0 radical (unpaired) electrons. The van der Waals surface area contributed by atoms with Gasteiger partial charge in [0.2, 0.25) is 0 Å². The van der Waals surface area contributed by atoms with Gasteiger partial charge in [-0.05, 0) is 69.9 Å². The normalized spacial score (nSPS) is 17.9. The molecule has 0 aromatic heterocycles. The summed E-state index contributed by atoms with van der Waals surface area (Å²) < 4.78 is 0. The number of likely N-dealkylation sites (tertiary alicyclic amines) is 1. The number of aliphatic imine (C=N–C) groups is 2. The molecular formula is C34H48ClN3O3. The number of benzene rings is 1. The Morgan fingerprint density at radius 2 is 1.83 bits per heavy atom. The molecule has 0 aliphatic carbocycles. The third-order valence-electron chi connectivity index (χ3n) is 6.47. The number of alkyl halides is 1. The average Bonchev–Trinajstić information content (AvgIpc) is 3.47. The first-order valence-electron chi connectivity index (χ1n) is 14.7. The van der Waals surface area contributed by atoms with Crippen molar-refractivity contribution in [1.82, 2.24) is 4.90 Å². The molecule has 224 valence electrons. The van der Waals surface area contributed by atoms with Crippen molar-refractivity contribution in [1.29, 1.82) is 0 Å². The van der Waals surface area contributed by atoms with Crippen molar-refractivity contribution < 1.29 is 14.7 Å². The lowest BCUT2D eigenvalue weighted by atomic mass is 9.97. The van der Waals surface area contributed by atoms with Crippen LogP contribution in [0.4, 0.5) is 0 Å². The number of rotatable bonds is 15. The molecule has 1 heterocycles. The summed E-state index contributed by atoms with van der Waals surface area (Å²) >= 11 is 5.83. The van der Waals surface area contributed by atoms with Gasteiger partial charge in [0.25, 0.3) is 5.91 Å². The Bertz CT molecular complexity index is 1090. The van der Waals surface area contributed by atoms with Crippen LogP contribution in [0.2, 0.25) is 0 Å². The lowest BCUT2D eigenvalue weighted by Gasteiger charge is -2.18. The summed E-state index contributed by atoms with van der Waals surface area (Å²) in [5.41, 5.74) is 2.84. The lowest BCUT2D eigenvalue weighted by Crippen LogP contribution is -2.30. The van der Waals surface area contributed by atoms with E-state index in [9.17, 15) is 9.59 Å².